The fraction of sp³-hybridized carbons (Fsp3) is 0.471. The molecule has 1 aromatic heterocycles. The van der Waals surface area contributed by atoms with Crippen LogP contribution in [-0.2, 0) is 19.9 Å². The Labute approximate surface area is 124 Å². The van der Waals surface area contributed by atoms with Gasteiger partial charge >= 0.3 is 0 Å². The zero-order chi connectivity index (χ0) is 15.0. The summed E-state index contributed by atoms with van der Waals surface area (Å²) >= 11 is 0. The molecule has 1 amide bonds. The number of aliphatic hydroxyl groups is 1. The number of benzene rings is 1. The highest BCUT2D eigenvalue weighted by molar-refractivity contribution is 5.99. The van der Waals surface area contributed by atoms with Crippen molar-refractivity contribution in [1.29, 1.82) is 0 Å². The van der Waals surface area contributed by atoms with Crippen molar-refractivity contribution in [3.8, 4) is 0 Å². The molecule has 3 rings (SSSR count). The van der Waals surface area contributed by atoms with E-state index in [0.29, 0.717) is 5.56 Å². The molecule has 0 fully saturated rings. The van der Waals surface area contributed by atoms with Crippen molar-refractivity contribution < 1.29 is 9.90 Å². The van der Waals surface area contributed by atoms with Gasteiger partial charge in [-0.15, -0.1) is 0 Å². The first-order valence-corrected chi connectivity index (χ1v) is 7.64. The minimum Gasteiger partial charge on any atom is -0.392 e. The molecular formula is C17H22N2O2. The SMILES string of the molecule is CC(O)CNC(=O)c1ccc2c(c1)c1c(n2C)CCCC1. The quantitative estimate of drug-likeness (QED) is 0.908. The molecule has 4 heteroatoms. The molecular weight excluding hydrogens is 264 g/mol. The van der Waals surface area contributed by atoms with E-state index >= 15 is 0 Å². The monoisotopic (exact) mass is 286 g/mol. The van der Waals surface area contributed by atoms with Crippen LogP contribution in [0.5, 0.6) is 0 Å². The number of aromatic nitrogens is 1. The van der Waals surface area contributed by atoms with Crippen molar-refractivity contribution in [2.24, 2.45) is 7.05 Å². The van der Waals surface area contributed by atoms with Gasteiger partial charge in [0, 0.05) is 35.8 Å². The lowest BCUT2D eigenvalue weighted by Crippen LogP contribution is -2.30. The van der Waals surface area contributed by atoms with Gasteiger partial charge in [-0.3, -0.25) is 4.79 Å². The lowest BCUT2D eigenvalue weighted by Gasteiger charge is -2.13. The van der Waals surface area contributed by atoms with Crippen molar-refractivity contribution in [2.45, 2.75) is 38.7 Å². The Kier molecular flexibility index (Phi) is 3.72. The number of fused-ring (bicyclic) bond motifs is 3. The number of hydrogen-bond donors (Lipinski definition) is 2. The molecule has 0 bridgehead atoms. The van der Waals surface area contributed by atoms with Crippen LogP contribution < -0.4 is 5.32 Å². The van der Waals surface area contributed by atoms with E-state index in [2.05, 4.69) is 16.9 Å². The predicted molar refractivity (Wildman–Crippen MR) is 83.6 cm³/mol. The molecule has 21 heavy (non-hydrogen) atoms. The summed E-state index contributed by atoms with van der Waals surface area (Å²) in [6.45, 7) is 1.95. The average Bonchev–Trinajstić information content (AvgIpc) is 2.78. The van der Waals surface area contributed by atoms with Crippen molar-refractivity contribution >= 4 is 16.8 Å². The number of rotatable bonds is 3. The number of carbonyl (C=O) groups is 1. The van der Waals surface area contributed by atoms with E-state index in [1.54, 1.807) is 6.92 Å². The van der Waals surface area contributed by atoms with Gasteiger partial charge in [-0.25, -0.2) is 0 Å². The number of carbonyl (C=O) groups excluding carboxylic acids is 1. The molecule has 0 saturated carbocycles. The molecule has 1 atom stereocenters. The van der Waals surface area contributed by atoms with Crippen molar-refractivity contribution in [3.63, 3.8) is 0 Å². The Bertz CT molecular complexity index is 686. The van der Waals surface area contributed by atoms with E-state index in [4.69, 9.17) is 0 Å². The molecule has 0 saturated heterocycles. The van der Waals surface area contributed by atoms with Crippen molar-refractivity contribution in [2.75, 3.05) is 6.54 Å². The van der Waals surface area contributed by atoms with Crippen LogP contribution in [0.1, 0.15) is 41.4 Å². The number of nitrogens with zero attached hydrogens (tertiary/aromatic N) is 1. The maximum absolute atomic E-state index is 12.1. The molecule has 112 valence electrons. The van der Waals surface area contributed by atoms with Gasteiger partial charge < -0.3 is 15.0 Å². The molecule has 4 nitrogen and oxygen atoms in total. The van der Waals surface area contributed by atoms with Crippen molar-refractivity contribution in [3.05, 3.63) is 35.0 Å². The van der Waals surface area contributed by atoms with E-state index < -0.39 is 6.10 Å². The van der Waals surface area contributed by atoms with Crippen LogP contribution in [0.15, 0.2) is 18.2 Å². The Morgan fingerprint density at radius 1 is 1.38 bits per heavy atom. The summed E-state index contributed by atoms with van der Waals surface area (Å²) in [5.41, 5.74) is 4.69. The molecule has 0 aliphatic heterocycles. The molecule has 0 spiro atoms. The Balaban J connectivity index is 1.98. The minimum atomic E-state index is -0.526. The molecule has 2 aromatic rings. The first-order valence-electron chi connectivity index (χ1n) is 7.64. The van der Waals surface area contributed by atoms with Gasteiger partial charge in [-0.1, -0.05) is 0 Å². The summed E-state index contributed by atoms with van der Waals surface area (Å²) in [4.78, 5) is 12.1. The second-order valence-corrected chi connectivity index (χ2v) is 5.98. The van der Waals surface area contributed by atoms with Gasteiger partial charge in [-0.2, -0.15) is 0 Å². The normalized spacial score (nSPS) is 15.8. The number of aliphatic hydroxyl groups excluding tert-OH is 1. The van der Waals surface area contributed by atoms with Crippen LogP contribution in [0.2, 0.25) is 0 Å². The van der Waals surface area contributed by atoms with Crippen LogP contribution in [-0.4, -0.2) is 28.2 Å². The fourth-order valence-electron chi connectivity index (χ4n) is 3.25. The largest absolute Gasteiger partial charge is 0.392 e. The topological polar surface area (TPSA) is 54.3 Å². The zero-order valence-corrected chi connectivity index (χ0v) is 12.6. The lowest BCUT2D eigenvalue weighted by molar-refractivity contribution is 0.0924. The molecule has 1 aliphatic carbocycles. The lowest BCUT2D eigenvalue weighted by atomic mass is 9.95. The maximum atomic E-state index is 12.1. The minimum absolute atomic E-state index is 0.119. The summed E-state index contributed by atoms with van der Waals surface area (Å²) in [5.74, 6) is -0.119. The van der Waals surface area contributed by atoms with Gasteiger partial charge in [0.2, 0.25) is 0 Å². The Morgan fingerprint density at radius 2 is 2.14 bits per heavy atom. The van der Waals surface area contributed by atoms with Gasteiger partial charge in [0.05, 0.1) is 6.10 Å². The fourth-order valence-corrected chi connectivity index (χ4v) is 3.25. The highest BCUT2D eigenvalue weighted by atomic mass is 16.3. The van der Waals surface area contributed by atoms with Gasteiger partial charge in [0.15, 0.2) is 0 Å². The third-order valence-corrected chi connectivity index (χ3v) is 4.35. The van der Waals surface area contributed by atoms with Crippen LogP contribution >= 0.6 is 0 Å². The summed E-state index contributed by atoms with van der Waals surface area (Å²) in [6.07, 6.45) is 4.18. The molecule has 1 aromatic carbocycles. The molecule has 1 aliphatic rings. The third kappa shape index (κ3) is 2.56. The maximum Gasteiger partial charge on any atom is 0.251 e. The average molecular weight is 286 g/mol. The third-order valence-electron chi connectivity index (χ3n) is 4.35. The first kappa shape index (κ1) is 14.1. The van der Waals surface area contributed by atoms with Crippen molar-refractivity contribution in [1.82, 2.24) is 9.88 Å². The zero-order valence-electron chi connectivity index (χ0n) is 12.6. The van der Waals surface area contributed by atoms with E-state index in [1.807, 2.05) is 18.2 Å². The number of nitrogens with one attached hydrogen (secondary N) is 1. The second kappa shape index (κ2) is 5.53. The van der Waals surface area contributed by atoms with E-state index in [1.165, 1.54) is 35.0 Å². The molecule has 2 N–H and O–H groups in total. The number of hydrogen-bond acceptors (Lipinski definition) is 2. The van der Waals surface area contributed by atoms with E-state index in [-0.39, 0.29) is 12.5 Å². The molecule has 1 heterocycles. The highest BCUT2D eigenvalue weighted by Crippen LogP contribution is 2.31. The summed E-state index contributed by atoms with van der Waals surface area (Å²) in [6, 6.07) is 5.90. The highest BCUT2D eigenvalue weighted by Gasteiger charge is 2.19. The van der Waals surface area contributed by atoms with Gasteiger partial charge in [0.1, 0.15) is 0 Å². The standard InChI is InChI=1S/C17H22N2O2/c1-11(20)10-18-17(21)12-7-8-16-14(9-12)13-5-3-4-6-15(13)19(16)2/h7-9,11,20H,3-6,10H2,1-2H3,(H,18,21). The van der Waals surface area contributed by atoms with Crippen LogP contribution in [0, 0.1) is 0 Å². The molecule has 0 radical (unpaired) electrons. The predicted octanol–water partition coefficient (Wildman–Crippen LogP) is 2.17. The Hall–Kier alpha value is -1.81. The van der Waals surface area contributed by atoms with Crippen LogP contribution in [0.3, 0.4) is 0 Å². The van der Waals surface area contributed by atoms with E-state index in [0.717, 1.165) is 12.8 Å². The second-order valence-electron chi connectivity index (χ2n) is 5.98. The number of aryl methyl sites for hydroxylation is 2. The summed E-state index contributed by atoms with van der Waals surface area (Å²) < 4.78 is 2.27. The van der Waals surface area contributed by atoms with Crippen LogP contribution in [0.4, 0.5) is 0 Å². The summed E-state index contributed by atoms with van der Waals surface area (Å²) in [5, 5.41) is 13.2. The Morgan fingerprint density at radius 3 is 2.90 bits per heavy atom. The van der Waals surface area contributed by atoms with Crippen LogP contribution in [0.25, 0.3) is 10.9 Å². The van der Waals surface area contributed by atoms with E-state index in [9.17, 15) is 9.90 Å². The van der Waals surface area contributed by atoms with Gasteiger partial charge in [-0.05, 0) is 56.4 Å². The number of amides is 1. The first-order chi connectivity index (χ1) is 10.1. The summed E-state index contributed by atoms with van der Waals surface area (Å²) in [7, 11) is 2.11. The smallest absolute Gasteiger partial charge is 0.251 e. The van der Waals surface area contributed by atoms with Gasteiger partial charge in [0.25, 0.3) is 5.91 Å². The molecule has 1 unspecified atom stereocenters.